The van der Waals surface area contributed by atoms with Gasteiger partial charge in [0.1, 0.15) is 0 Å². The quantitative estimate of drug-likeness (QED) is 0.785. The zero-order valence-corrected chi connectivity index (χ0v) is 10.4. The summed E-state index contributed by atoms with van der Waals surface area (Å²) < 4.78 is 24.6. The van der Waals surface area contributed by atoms with E-state index in [0.29, 0.717) is 12.8 Å². The van der Waals surface area contributed by atoms with Gasteiger partial charge in [-0.25, -0.2) is 8.78 Å². The Balaban J connectivity index is 2.37. The van der Waals surface area contributed by atoms with Crippen molar-refractivity contribution in [1.82, 2.24) is 5.32 Å². The van der Waals surface area contributed by atoms with E-state index in [0.717, 1.165) is 12.8 Å². The molecule has 0 bridgehead atoms. The summed E-state index contributed by atoms with van der Waals surface area (Å²) in [6.07, 6.45) is 0.928. The summed E-state index contributed by atoms with van der Waals surface area (Å²) in [5, 5.41) is 12.9. The number of aliphatic hydroxyl groups is 1. The van der Waals surface area contributed by atoms with Crippen molar-refractivity contribution in [2.75, 3.05) is 6.54 Å². The lowest BCUT2D eigenvalue weighted by Crippen LogP contribution is -2.48. The van der Waals surface area contributed by atoms with E-state index in [-0.39, 0.29) is 12.0 Å². The molecule has 0 amide bonds. The highest BCUT2D eigenvalue weighted by Gasteiger charge is 2.36. The van der Waals surface area contributed by atoms with E-state index in [9.17, 15) is 13.9 Å². The van der Waals surface area contributed by atoms with Crippen LogP contribution < -0.4 is 5.32 Å². The molecule has 0 spiro atoms. The van der Waals surface area contributed by atoms with Gasteiger partial charge in [-0.3, -0.25) is 0 Å². The van der Waals surface area contributed by atoms with Gasteiger partial charge in [0.2, 0.25) is 0 Å². The Kier molecular flexibility index (Phi) is 4.29. The van der Waals surface area contributed by atoms with Crippen molar-refractivity contribution in [3.8, 4) is 0 Å². The van der Waals surface area contributed by atoms with Crippen LogP contribution >= 0.6 is 0 Å². The molecule has 1 fully saturated rings. The van der Waals surface area contributed by atoms with Crippen molar-refractivity contribution < 1.29 is 13.9 Å². The zero-order chi connectivity index (χ0) is 12.4. The van der Waals surface area contributed by atoms with E-state index in [4.69, 9.17) is 0 Å². The summed E-state index contributed by atoms with van der Waals surface area (Å²) in [6.45, 7) is 6.08. The van der Waals surface area contributed by atoms with Gasteiger partial charge in [0.05, 0.1) is 11.6 Å². The van der Waals surface area contributed by atoms with Crippen LogP contribution in [0, 0.1) is 5.41 Å². The standard InChI is InChI=1S/C12H23F2NO/c1-9(10(13)14)15-8-12(16)6-4-11(2,3)5-7-12/h9-10,15-16H,4-8H2,1-3H3. The summed E-state index contributed by atoms with van der Waals surface area (Å²) in [5.74, 6) is 0. The van der Waals surface area contributed by atoms with Crippen LogP contribution in [-0.4, -0.2) is 29.7 Å². The minimum absolute atomic E-state index is 0.272. The van der Waals surface area contributed by atoms with Crippen LogP contribution in [0.4, 0.5) is 8.78 Å². The summed E-state index contributed by atoms with van der Waals surface area (Å²) in [7, 11) is 0. The Hall–Kier alpha value is -0.220. The van der Waals surface area contributed by atoms with Crippen molar-refractivity contribution >= 4 is 0 Å². The predicted octanol–water partition coefficient (Wildman–Crippen LogP) is 2.56. The molecule has 0 aromatic heterocycles. The molecule has 1 aliphatic carbocycles. The topological polar surface area (TPSA) is 32.3 Å². The molecular weight excluding hydrogens is 212 g/mol. The molecule has 0 saturated heterocycles. The largest absolute Gasteiger partial charge is 0.389 e. The molecule has 2 nitrogen and oxygen atoms in total. The first-order chi connectivity index (χ1) is 7.24. The first kappa shape index (κ1) is 13.8. The lowest BCUT2D eigenvalue weighted by atomic mass is 9.71. The fraction of sp³-hybridized carbons (Fsp3) is 1.00. The average Bonchev–Trinajstić information content (AvgIpc) is 2.20. The maximum atomic E-state index is 12.3. The Morgan fingerprint density at radius 3 is 2.12 bits per heavy atom. The zero-order valence-electron chi connectivity index (χ0n) is 10.4. The molecule has 0 aromatic rings. The number of halogens is 2. The normalized spacial score (nSPS) is 25.7. The highest BCUT2D eigenvalue weighted by molar-refractivity contribution is 4.91. The van der Waals surface area contributed by atoms with Gasteiger partial charge >= 0.3 is 0 Å². The molecular formula is C12H23F2NO. The maximum Gasteiger partial charge on any atom is 0.253 e. The SMILES string of the molecule is CC(NCC1(O)CCC(C)(C)CC1)C(F)F. The van der Waals surface area contributed by atoms with Crippen LogP contribution in [0.25, 0.3) is 0 Å². The van der Waals surface area contributed by atoms with Crippen molar-refractivity contribution in [3.63, 3.8) is 0 Å². The fourth-order valence-corrected chi connectivity index (χ4v) is 2.01. The number of nitrogens with one attached hydrogen (secondary N) is 1. The minimum Gasteiger partial charge on any atom is -0.389 e. The monoisotopic (exact) mass is 235 g/mol. The molecule has 96 valence electrons. The van der Waals surface area contributed by atoms with Gasteiger partial charge in [-0.15, -0.1) is 0 Å². The molecule has 0 heterocycles. The van der Waals surface area contributed by atoms with E-state index in [1.54, 1.807) is 0 Å². The molecule has 0 radical (unpaired) electrons. The Morgan fingerprint density at radius 1 is 1.19 bits per heavy atom. The van der Waals surface area contributed by atoms with Crippen LogP contribution in [0.15, 0.2) is 0 Å². The van der Waals surface area contributed by atoms with Gasteiger partial charge in [0.25, 0.3) is 6.43 Å². The maximum absolute atomic E-state index is 12.3. The number of rotatable bonds is 4. The van der Waals surface area contributed by atoms with Gasteiger partial charge in [0, 0.05) is 6.54 Å². The lowest BCUT2D eigenvalue weighted by molar-refractivity contribution is -0.0301. The third kappa shape index (κ3) is 3.98. The minimum atomic E-state index is -2.37. The van der Waals surface area contributed by atoms with E-state index in [1.807, 2.05) is 0 Å². The van der Waals surface area contributed by atoms with Gasteiger partial charge in [0.15, 0.2) is 0 Å². The molecule has 1 rings (SSSR count). The van der Waals surface area contributed by atoms with Crippen molar-refractivity contribution in [2.24, 2.45) is 5.41 Å². The molecule has 4 heteroatoms. The van der Waals surface area contributed by atoms with Gasteiger partial charge in [-0.05, 0) is 38.0 Å². The highest BCUT2D eigenvalue weighted by atomic mass is 19.3. The third-order valence-electron chi connectivity index (χ3n) is 3.67. The van der Waals surface area contributed by atoms with Crippen molar-refractivity contribution in [2.45, 2.75) is 64.5 Å². The van der Waals surface area contributed by atoms with Crippen LogP contribution in [0.1, 0.15) is 46.5 Å². The van der Waals surface area contributed by atoms with Crippen molar-refractivity contribution in [1.29, 1.82) is 0 Å². The van der Waals surface area contributed by atoms with Crippen molar-refractivity contribution in [3.05, 3.63) is 0 Å². The second kappa shape index (κ2) is 4.96. The predicted molar refractivity (Wildman–Crippen MR) is 60.7 cm³/mol. The first-order valence-corrected chi connectivity index (χ1v) is 5.98. The van der Waals surface area contributed by atoms with Gasteiger partial charge < -0.3 is 10.4 Å². The molecule has 1 aliphatic rings. The third-order valence-corrected chi connectivity index (χ3v) is 3.67. The summed E-state index contributed by atoms with van der Waals surface area (Å²) in [6, 6.07) is -0.848. The van der Waals surface area contributed by atoms with Crippen LogP contribution in [0.3, 0.4) is 0 Å². The number of hydrogen-bond acceptors (Lipinski definition) is 2. The summed E-state index contributed by atoms with van der Waals surface area (Å²) in [5.41, 5.74) is -0.515. The van der Waals surface area contributed by atoms with Crippen LogP contribution in [0.2, 0.25) is 0 Å². The molecule has 2 N–H and O–H groups in total. The van der Waals surface area contributed by atoms with Crippen LogP contribution in [0.5, 0.6) is 0 Å². The molecule has 16 heavy (non-hydrogen) atoms. The van der Waals surface area contributed by atoms with E-state index in [1.165, 1.54) is 6.92 Å². The average molecular weight is 235 g/mol. The fourth-order valence-electron chi connectivity index (χ4n) is 2.01. The highest BCUT2D eigenvalue weighted by Crippen LogP contribution is 2.39. The summed E-state index contributed by atoms with van der Waals surface area (Å²) >= 11 is 0. The van der Waals surface area contributed by atoms with Gasteiger partial charge in [-0.1, -0.05) is 13.8 Å². The van der Waals surface area contributed by atoms with Gasteiger partial charge in [-0.2, -0.15) is 0 Å². The van der Waals surface area contributed by atoms with Crippen LogP contribution in [-0.2, 0) is 0 Å². The molecule has 0 aromatic carbocycles. The molecule has 1 saturated carbocycles. The first-order valence-electron chi connectivity index (χ1n) is 5.98. The van der Waals surface area contributed by atoms with E-state index >= 15 is 0 Å². The molecule has 0 aliphatic heterocycles. The summed E-state index contributed by atoms with van der Waals surface area (Å²) in [4.78, 5) is 0. The molecule has 1 atom stereocenters. The number of hydrogen-bond donors (Lipinski definition) is 2. The second-order valence-electron chi connectivity index (χ2n) is 5.89. The number of alkyl halides is 2. The Bertz CT molecular complexity index is 221. The second-order valence-corrected chi connectivity index (χ2v) is 5.89. The van der Waals surface area contributed by atoms with E-state index < -0.39 is 18.1 Å². The smallest absolute Gasteiger partial charge is 0.253 e. The Labute approximate surface area is 96.4 Å². The Morgan fingerprint density at radius 2 is 1.69 bits per heavy atom. The molecule has 1 unspecified atom stereocenters. The van der Waals surface area contributed by atoms with E-state index in [2.05, 4.69) is 19.2 Å². The lowest BCUT2D eigenvalue weighted by Gasteiger charge is -2.40.